The minimum absolute atomic E-state index is 0.145. The standard InChI is InChI=1S/C14H23NOS/c1-7-15-10(2)8-12(11(15)3)13(16)9-17-14(4,5)6/h8H,7,9H2,1-6H3. The minimum Gasteiger partial charge on any atom is -0.349 e. The molecule has 0 saturated carbocycles. The summed E-state index contributed by atoms with van der Waals surface area (Å²) in [6.45, 7) is 13.5. The summed E-state index contributed by atoms with van der Waals surface area (Å²) in [5.74, 6) is 0.815. The molecule has 0 saturated heterocycles. The highest BCUT2D eigenvalue weighted by atomic mass is 32.2. The first kappa shape index (κ1) is 14.4. The van der Waals surface area contributed by atoms with Crippen LogP contribution in [0.1, 0.15) is 49.4 Å². The third kappa shape index (κ3) is 3.63. The van der Waals surface area contributed by atoms with E-state index in [1.807, 2.05) is 13.0 Å². The molecule has 17 heavy (non-hydrogen) atoms. The zero-order valence-electron chi connectivity index (χ0n) is 11.8. The summed E-state index contributed by atoms with van der Waals surface area (Å²) in [6.07, 6.45) is 0. The van der Waals surface area contributed by atoms with E-state index in [1.165, 1.54) is 5.69 Å². The molecule has 0 amide bonds. The van der Waals surface area contributed by atoms with Crippen molar-refractivity contribution < 1.29 is 4.79 Å². The molecule has 1 aromatic heterocycles. The molecule has 0 spiro atoms. The van der Waals surface area contributed by atoms with Gasteiger partial charge in [0.2, 0.25) is 0 Å². The molecule has 0 aromatic carbocycles. The lowest BCUT2D eigenvalue weighted by atomic mass is 10.2. The number of aryl methyl sites for hydroxylation is 1. The van der Waals surface area contributed by atoms with Gasteiger partial charge in [-0.25, -0.2) is 0 Å². The van der Waals surface area contributed by atoms with Gasteiger partial charge in [-0.1, -0.05) is 20.8 Å². The van der Waals surface area contributed by atoms with Crippen molar-refractivity contribution in [3.05, 3.63) is 23.0 Å². The SMILES string of the molecule is CCn1c(C)cc(C(=O)CSC(C)(C)C)c1C. The summed E-state index contributed by atoms with van der Waals surface area (Å²) < 4.78 is 2.33. The second-order valence-corrected chi connectivity index (χ2v) is 7.16. The lowest BCUT2D eigenvalue weighted by molar-refractivity contribution is 0.102. The van der Waals surface area contributed by atoms with Gasteiger partial charge in [0.1, 0.15) is 0 Å². The maximum atomic E-state index is 12.2. The average molecular weight is 253 g/mol. The summed E-state index contributed by atoms with van der Waals surface area (Å²) in [6, 6.07) is 2.02. The van der Waals surface area contributed by atoms with Gasteiger partial charge in [-0.05, 0) is 26.8 Å². The van der Waals surface area contributed by atoms with Crippen LogP contribution in [0, 0.1) is 13.8 Å². The zero-order chi connectivity index (χ0) is 13.2. The third-order valence-corrected chi connectivity index (χ3v) is 4.10. The number of Topliss-reactive ketones (excluding diaryl/α,β-unsaturated/α-hetero) is 1. The quantitative estimate of drug-likeness (QED) is 0.761. The maximum absolute atomic E-state index is 12.2. The number of carbonyl (C=O) groups is 1. The second kappa shape index (κ2) is 5.30. The van der Waals surface area contributed by atoms with Crippen molar-refractivity contribution >= 4 is 17.5 Å². The number of ketones is 1. The van der Waals surface area contributed by atoms with Crippen molar-refractivity contribution in [2.75, 3.05) is 5.75 Å². The minimum atomic E-state index is 0.145. The van der Waals surface area contributed by atoms with Crippen molar-refractivity contribution in [1.29, 1.82) is 0 Å². The summed E-state index contributed by atoms with van der Waals surface area (Å²) in [4.78, 5) is 12.2. The maximum Gasteiger partial charge on any atom is 0.174 e. The van der Waals surface area contributed by atoms with E-state index in [-0.39, 0.29) is 10.5 Å². The fourth-order valence-electron chi connectivity index (χ4n) is 1.93. The van der Waals surface area contributed by atoms with Crippen LogP contribution in [0.2, 0.25) is 0 Å². The molecule has 1 aromatic rings. The Balaban J connectivity index is 2.83. The number of hydrogen-bond donors (Lipinski definition) is 0. The van der Waals surface area contributed by atoms with E-state index in [4.69, 9.17) is 0 Å². The summed E-state index contributed by atoms with van der Waals surface area (Å²) in [5, 5.41) is 0. The van der Waals surface area contributed by atoms with Gasteiger partial charge in [-0.2, -0.15) is 0 Å². The Morgan fingerprint density at radius 3 is 2.35 bits per heavy atom. The van der Waals surface area contributed by atoms with Crippen molar-refractivity contribution in [1.82, 2.24) is 4.57 Å². The highest BCUT2D eigenvalue weighted by Gasteiger charge is 2.18. The first-order valence-electron chi connectivity index (χ1n) is 6.10. The molecule has 0 aliphatic rings. The van der Waals surface area contributed by atoms with Crippen molar-refractivity contribution in [3.63, 3.8) is 0 Å². The Labute approximate surface area is 109 Å². The Morgan fingerprint density at radius 1 is 1.35 bits per heavy atom. The predicted octanol–water partition coefficient (Wildman–Crippen LogP) is 3.84. The molecular formula is C14H23NOS. The molecule has 0 aliphatic heterocycles. The molecule has 0 atom stereocenters. The number of carbonyl (C=O) groups excluding carboxylic acids is 1. The van der Waals surface area contributed by atoms with E-state index >= 15 is 0 Å². The Bertz CT molecular complexity index is 413. The number of thioether (sulfide) groups is 1. The topological polar surface area (TPSA) is 22.0 Å². The largest absolute Gasteiger partial charge is 0.349 e. The van der Waals surface area contributed by atoms with Gasteiger partial charge >= 0.3 is 0 Å². The third-order valence-electron chi connectivity index (χ3n) is 2.83. The average Bonchev–Trinajstić information content (AvgIpc) is 2.49. The summed E-state index contributed by atoms with van der Waals surface area (Å²) in [7, 11) is 0. The predicted molar refractivity (Wildman–Crippen MR) is 76.1 cm³/mol. The van der Waals surface area contributed by atoms with Gasteiger partial charge in [0.15, 0.2) is 5.78 Å². The lowest BCUT2D eigenvalue weighted by Gasteiger charge is -2.16. The van der Waals surface area contributed by atoms with Gasteiger partial charge in [-0.15, -0.1) is 11.8 Å². The van der Waals surface area contributed by atoms with Gasteiger partial charge in [-0.3, -0.25) is 4.79 Å². The van der Waals surface area contributed by atoms with Crippen molar-refractivity contribution in [2.45, 2.75) is 52.8 Å². The Morgan fingerprint density at radius 2 is 1.94 bits per heavy atom. The summed E-state index contributed by atoms with van der Waals surface area (Å²) >= 11 is 1.71. The molecular weight excluding hydrogens is 230 g/mol. The number of rotatable bonds is 4. The van der Waals surface area contributed by atoms with E-state index in [0.29, 0.717) is 5.75 Å². The van der Waals surface area contributed by atoms with E-state index in [1.54, 1.807) is 11.8 Å². The molecule has 96 valence electrons. The lowest BCUT2D eigenvalue weighted by Crippen LogP contribution is -2.13. The second-order valence-electron chi connectivity index (χ2n) is 5.35. The van der Waals surface area contributed by atoms with Crippen LogP contribution < -0.4 is 0 Å². The molecule has 0 aliphatic carbocycles. The van der Waals surface area contributed by atoms with E-state index < -0.39 is 0 Å². The van der Waals surface area contributed by atoms with E-state index in [2.05, 4.69) is 39.2 Å². The Kier molecular flexibility index (Phi) is 4.48. The van der Waals surface area contributed by atoms with Crippen LogP contribution in [0.3, 0.4) is 0 Å². The van der Waals surface area contributed by atoms with Crippen LogP contribution in [-0.2, 0) is 6.54 Å². The van der Waals surface area contributed by atoms with Crippen LogP contribution in [0.15, 0.2) is 6.07 Å². The van der Waals surface area contributed by atoms with Crippen LogP contribution in [-0.4, -0.2) is 20.9 Å². The number of aromatic nitrogens is 1. The summed E-state index contributed by atoms with van der Waals surface area (Å²) in [5.41, 5.74) is 3.17. The van der Waals surface area contributed by atoms with Gasteiger partial charge in [0.05, 0.1) is 5.75 Å². The monoisotopic (exact) mass is 253 g/mol. The van der Waals surface area contributed by atoms with Crippen molar-refractivity contribution in [3.8, 4) is 0 Å². The van der Waals surface area contributed by atoms with Crippen LogP contribution in [0.25, 0.3) is 0 Å². The molecule has 0 radical (unpaired) electrons. The first-order valence-corrected chi connectivity index (χ1v) is 7.08. The fourth-order valence-corrected chi connectivity index (χ4v) is 2.65. The molecule has 2 nitrogen and oxygen atoms in total. The zero-order valence-corrected chi connectivity index (χ0v) is 12.6. The molecule has 0 fully saturated rings. The Hall–Kier alpha value is -0.700. The molecule has 1 rings (SSSR count). The molecule has 1 heterocycles. The first-order chi connectivity index (χ1) is 7.76. The number of nitrogens with zero attached hydrogens (tertiary/aromatic N) is 1. The van der Waals surface area contributed by atoms with Crippen LogP contribution in [0.4, 0.5) is 0 Å². The molecule has 0 unspecified atom stereocenters. The van der Waals surface area contributed by atoms with Gasteiger partial charge in [0, 0.05) is 28.2 Å². The van der Waals surface area contributed by atoms with Crippen LogP contribution in [0.5, 0.6) is 0 Å². The molecule has 3 heteroatoms. The fraction of sp³-hybridized carbons (Fsp3) is 0.643. The molecule has 0 bridgehead atoms. The highest BCUT2D eigenvalue weighted by molar-refractivity contribution is 8.01. The normalized spacial score (nSPS) is 11.9. The highest BCUT2D eigenvalue weighted by Crippen LogP contribution is 2.25. The van der Waals surface area contributed by atoms with E-state index in [0.717, 1.165) is 17.8 Å². The van der Waals surface area contributed by atoms with Gasteiger partial charge in [0.25, 0.3) is 0 Å². The smallest absolute Gasteiger partial charge is 0.174 e. The molecule has 0 N–H and O–H groups in total. The number of hydrogen-bond acceptors (Lipinski definition) is 2. The van der Waals surface area contributed by atoms with Gasteiger partial charge < -0.3 is 4.57 Å². The van der Waals surface area contributed by atoms with Crippen LogP contribution >= 0.6 is 11.8 Å². The van der Waals surface area contributed by atoms with Crippen molar-refractivity contribution in [2.24, 2.45) is 0 Å². The van der Waals surface area contributed by atoms with E-state index in [9.17, 15) is 4.79 Å².